The highest BCUT2D eigenvalue weighted by molar-refractivity contribution is 6.20. The van der Waals surface area contributed by atoms with Crippen molar-refractivity contribution >= 4 is 22.8 Å². The van der Waals surface area contributed by atoms with Gasteiger partial charge in [0.25, 0.3) is 0 Å². The first-order valence-corrected chi connectivity index (χ1v) is 6.45. The average Bonchev–Trinajstić information content (AvgIpc) is 2.88. The van der Waals surface area contributed by atoms with E-state index in [1.54, 1.807) is 0 Å². The van der Waals surface area contributed by atoms with Gasteiger partial charge in [-0.3, -0.25) is 0 Å². The van der Waals surface area contributed by atoms with Gasteiger partial charge < -0.3 is 4.57 Å². The molecule has 1 unspecified atom stereocenters. The minimum atomic E-state index is -0.0824. The summed E-state index contributed by atoms with van der Waals surface area (Å²) < 4.78 is 2.24. The van der Waals surface area contributed by atoms with Crippen LogP contribution in [0.25, 0.3) is 11.2 Å². The number of pyridine rings is 1. The van der Waals surface area contributed by atoms with Crippen LogP contribution in [0.3, 0.4) is 0 Å². The highest BCUT2D eigenvalue weighted by Crippen LogP contribution is 2.46. The van der Waals surface area contributed by atoms with Gasteiger partial charge in [0.05, 0.1) is 5.38 Å². The molecule has 2 aromatic rings. The Morgan fingerprint density at radius 1 is 1.47 bits per heavy atom. The molecule has 1 aliphatic rings. The molecule has 0 bridgehead atoms. The van der Waals surface area contributed by atoms with E-state index >= 15 is 0 Å². The van der Waals surface area contributed by atoms with E-state index in [4.69, 9.17) is 11.6 Å². The van der Waals surface area contributed by atoms with Crippen LogP contribution in [0, 0.1) is 6.92 Å². The molecule has 0 aromatic carbocycles. The molecule has 0 amide bonds. The van der Waals surface area contributed by atoms with Gasteiger partial charge in [0.15, 0.2) is 5.65 Å². The number of aromatic nitrogens is 3. The Labute approximate surface area is 106 Å². The van der Waals surface area contributed by atoms with Gasteiger partial charge in [-0.05, 0) is 45.2 Å². The van der Waals surface area contributed by atoms with Gasteiger partial charge in [0, 0.05) is 11.7 Å². The summed E-state index contributed by atoms with van der Waals surface area (Å²) in [5.41, 5.74) is 3.31. The molecule has 1 aliphatic carbocycles. The maximum atomic E-state index is 6.25. The van der Waals surface area contributed by atoms with Gasteiger partial charge in [-0.1, -0.05) is 0 Å². The molecule has 0 N–H and O–H groups in total. The highest BCUT2D eigenvalue weighted by atomic mass is 35.5. The Kier molecular flexibility index (Phi) is 2.24. The third-order valence-corrected chi connectivity index (χ3v) is 3.84. The van der Waals surface area contributed by atoms with Crippen LogP contribution in [0.15, 0.2) is 12.3 Å². The van der Waals surface area contributed by atoms with Crippen molar-refractivity contribution in [1.29, 1.82) is 0 Å². The van der Waals surface area contributed by atoms with E-state index in [-0.39, 0.29) is 10.9 Å². The van der Waals surface area contributed by atoms with E-state index in [2.05, 4.69) is 28.4 Å². The molecule has 3 rings (SSSR count). The first kappa shape index (κ1) is 11.0. The monoisotopic (exact) mass is 249 g/mol. The van der Waals surface area contributed by atoms with E-state index < -0.39 is 0 Å². The van der Waals surface area contributed by atoms with Crippen LogP contribution in [0.1, 0.15) is 43.5 Å². The first-order chi connectivity index (χ1) is 8.03. The number of hydrogen-bond donors (Lipinski definition) is 0. The van der Waals surface area contributed by atoms with Crippen molar-refractivity contribution in [3.05, 3.63) is 23.7 Å². The molecule has 4 heteroatoms. The Hall–Kier alpha value is -1.09. The van der Waals surface area contributed by atoms with Gasteiger partial charge in [-0.2, -0.15) is 0 Å². The normalized spacial score (nSPS) is 19.5. The molecule has 2 aromatic heterocycles. The third-order valence-electron chi connectivity index (χ3n) is 3.64. The summed E-state index contributed by atoms with van der Waals surface area (Å²) in [5, 5.41) is -0.0824. The lowest BCUT2D eigenvalue weighted by Gasteiger charge is -2.16. The van der Waals surface area contributed by atoms with E-state index in [0.29, 0.717) is 0 Å². The molecule has 3 nitrogen and oxygen atoms in total. The molecule has 0 aliphatic heterocycles. The molecular formula is C13H16ClN3. The average molecular weight is 250 g/mol. The van der Waals surface area contributed by atoms with Gasteiger partial charge in [-0.15, -0.1) is 11.6 Å². The number of aryl methyl sites for hydroxylation is 1. The number of nitrogens with zero attached hydrogens (tertiary/aromatic N) is 3. The molecule has 1 fully saturated rings. The van der Waals surface area contributed by atoms with Crippen LogP contribution >= 0.6 is 11.6 Å². The summed E-state index contributed by atoms with van der Waals surface area (Å²) in [6, 6.07) is 2.00. The smallest absolute Gasteiger partial charge is 0.160 e. The predicted molar refractivity (Wildman–Crippen MR) is 69.4 cm³/mol. The standard InChI is InChI=1S/C13H16ClN3/c1-8-4-7-15-12-10(8)16-11(9(2)14)17(12)13(3)5-6-13/h4,7,9H,5-6H2,1-3H3. The summed E-state index contributed by atoms with van der Waals surface area (Å²) in [4.78, 5) is 9.18. The number of alkyl halides is 1. The maximum absolute atomic E-state index is 6.25. The van der Waals surface area contributed by atoms with Crippen molar-refractivity contribution < 1.29 is 0 Å². The molecule has 1 atom stereocenters. The molecular weight excluding hydrogens is 234 g/mol. The summed E-state index contributed by atoms with van der Waals surface area (Å²) in [7, 11) is 0. The third kappa shape index (κ3) is 1.56. The zero-order valence-electron chi connectivity index (χ0n) is 10.4. The number of hydrogen-bond acceptors (Lipinski definition) is 2. The van der Waals surface area contributed by atoms with Crippen LogP contribution in [-0.2, 0) is 5.54 Å². The van der Waals surface area contributed by atoms with Gasteiger partial charge in [0.1, 0.15) is 11.3 Å². The molecule has 2 heterocycles. The minimum absolute atomic E-state index is 0.0824. The largest absolute Gasteiger partial charge is 0.306 e. The molecule has 17 heavy (non-hydrogen) atoms. The quantitative estimate of drug-likeness (QED) is 0.762. The maximum Gasteiger partial charge on any atom is 0.160 e. The van der Waals surface area contributed by atoms with Crippen molar-refractivity contribution in [2.45, 2.75) is 44.5 Å². The number of fused-ring (bicyclic) bond motifs is 1. The van der Waals surface area contributed by atoms with E-state index in [9.17, 15) is 0 Å². The Bertz CT molecular complexity index is 582. The van der Waals surface area contributed by atoms with E-state index in [1.165, 1.54) is 12.8 Å². The topological polar surface area (TPSA) is 30.7 Å². The molecule has 0 radical (unpaired) electrons. The zero-order chi connectivity index (χ0) is 12.2. The second kappa shape index (κ2) is 3.45. The second-order valence-corrected chi connectivity index (χ2v) is 5.87. The highest BCUT2D eigenvalue weighted by Gasteiger charge is 2.43. The number of rotatable bonds is 2. The fourth-order valence-electron chi connectivity index (χ4n) is 2.31. The zero-order valence-corrected chi connectivity index (χ0v) is 11.1. The summed E-state index contributed by atoms with van der Waals surface area (Å²) in [5.74, 6) is 0.948. The van der Waals surface area contributed by atoms with Gasteiger partial charge in [0.2, 0.25) is 0 Å². The van der Waals surface area contributed by atoms with Crippen molar-refractivity contribution in [1.82, 2.24) is 14.5 Å². The summed E-state index contributed by atoms with van der Waals surface area (Å²) in [6.07, 6.45) is 4.22. The first-order valence-electron chi connectivity index (χ1n) is 6.01. The van der Waals surface area contributed by atoms with Gasteiger partial charge in [-0.25, -0.2) is 9.97 Å². The van der Waals surface area contributed by atoms with Crippen molar-refractivity contribution in [2.75, 3.05) is 0 Å². The lowest BCUT2D eigenvalue weighted by atomic mass is 10.2. The van der Waals surface area contributed by atoms with E-state index in [0.717, 1.165) is 22.6 Å². The molecule has 0 spiro atoms. The summed E-state index contributed by atoms with van der Waals surface area (Å²) in [6.45, 7) is 6.29. The van der Waals surface area contributed by atoms with Crippen molar-refractivity contribution in [3.63, 3.8) is 0 Å². The van der Waals surface area contributed by atoms with Crippen LogP contribution in [0.2, 0.25) is 0 Å². The summed E-state index contributed by atoms with van der Waals surface area (Å²) >= 11 is 6.25. The van der Waals surface area contributed by atoms with Crippen molar-refractivity contribution in [3.8, 4) is 0 Å². The Balaban J connectivity index is 2.36. The van der Waals surface area contributed by atoms with E-state index in [1.807, 2.05) is 19.2 Å². The minimum Gasteiger partial charge on any atom is -0.306 e. The van der Waals surface area contributed by atoms with Crippen LogP contribution in [0.5, 0.6) is 0 Å². The Morgan fingerprint density at radius 3 is 2.76 bits per heavy atom. The fraction of sp³-hybridized carbons (Fsp3) is 0.538. The fourth-order valence-corrected chi connectivity index (χ4v) is 2.46. The number of halogens is 1. The SMILES string of the molecule is Cc1ccnc2c1nc(C(C)Cl)n2C1(C)CC1. The molecule has 0 saturated heterocycles. The van der Waals surface area contributed by atoms with Crippen LogP contribution < -0.4 is 0 Å². The molecule has 1 saturated carbocycles. The van der Waals surface area contributed by atoms with Crippen LogP contribution in [-0.4, -0.2) is 14.5 Å². The predicted octanol–water partition coefficient (Wildman–Crippen LogP) is 3.55. The number of imidazole rings is 1. The Morgan fingerprint density at radius 2 is 2.18 bits per heavy atom. The second-order valence-electron chi connectivity index (χ2n) is 5.22. The lowest BCUT2D eigenvalue weighted by molar-refractivity contribution is 0.519. The van der Waals surface area contributed by atoms with Crippen molar-refractivity contribution in [2.24, 2.45) is 0 Å². The lowest BCUT2D eigenvalue weighted by Crippen LogP contribution is -2.16. The van der Waals surface area contributed by atoms with Crippen LogP contribution in [0.4, 0.5) is 0 Å². The van der Waals surface area contributed by atoms with Gasteiger partial charge >= 0.3 is 0 Å². The molecule has 90 valence electrons.